The number of hydrogen-bond donors (Lipinski definition) is 1. The van der Waals surface area contributed by atoms with Crippen molar-refractivity contribution in [1.29, 1.82) is 0 Å². The van der Waals surface area contributed by atoms with Gasteiger partial charge in [-0.25, -0.2) is 4.98 Å². The second-order valence-corrected chi connectivity index (χ2v) is 3.68. The van der Waals surface area contributed by atoms with Crippen LogP contribution in [-0.2, 0) is 13.1 Å². The molecule has 0 fully saturated rings. The number of nitrogen functional groups attached to an aromatic ring is 1. The van der Waals surface area contributed by atoms with Gasteiger partial charge in [0.2, 0.25) is 0 Å². The van der Waals surface area contributed by atoms with Gasteiger partial charge < -0.3 is 10.2 Å². The molecule has 0 saturated carbocycles. The lowest BCUT2D eigenvalue weighted by Gasteiger charge is -2.13. The largest absolute Gasteiger partial charge is 0.468 e. The van der Waals surface area contributed by atoms with Crippen LogP contribution < -0.4 is 5.73 Å². The average molecular weight is 218 g/mol. The molecule has 0 aliphatic rings. The Labute approximate surface area is 93.9 Å². The molecule has 0 atom stereocenters. The van der Waals surface area contributed by atoms with Gasteiger partial charge in [0.15, 0.2) is 0 Å². The highest BCUT2D eigenvalue weighted by molar-refractivity contribution is 5.22. The Morgan fingerprint density at radius 3 is 2.81 bits per heavy atom. The normalized spacial score (nSPS) is 10.9. The van der Waals surface area contributed by atoms with Gasteiger partial charge in [-0.1, -0.05) is 0 Å². The van der Waals surface area contributed by atoms with Gasteiger partial charge in [-0.05, 0) is 19.2 Å². The summed E-state index contributed by atoms with van der Waals surface area (Å²) in [6.07, 6.45) is 4.93. The predicted octanol–water partition coefficient (Wildman–Crippen LogP) is 1.28. The summed E-state index contributed by atoms with van der Waals surface area (Å²) < 4.78 is 5.26. The molecule has 0 spiro atoms. The van der Waals surface area contributed by atoms with E-state index in [2.05, 4.69) is 14.9 Å². The quantitative estimate of drug-likeness (QED) is 0.837. The summed E-state index contributed by atoms with van der Waals surface area (Å²) in [6.45, 7) is 1.47. The van der Waals surface area contributed by atoms with Gasteiger partial charge in [-0.15, -0.1) is 0 Å². The maximum atomic E-state index is 5.46. The van der Waals surface area contributed by atoms with E-state index in [1.54, 1.807) is 18.7 Å². The Balaban J connectivity index is 1.92. The fourth-order valence-corrected chi connectivity index (χ4v) is 1.45. The summed E-state index contributed by atoms with van der Waals surface area (Å²) in [5.41, 5.74) is 6.36. The zero-order valence-corrected chi connectivity index (χ0v) is 9.13. The summed E-state index contributed by atoms with van der Waals surface area (Å²) >= 11 is 0. The Morgan fingerprint density at radius 2 is 2.19 bits per heavy atom. The average Bonchev–Trinajstić information content (AvgIpc) is 2.74. The fraction of sp³-hybridized carbons (Fsp3) is 0.273. The maximum Gasteiger partial charge on any atom is 0.141 e. The van der Waals surface area contributed by atoms with Crippen molar-refractivity contribution in [2.24, 2.45) is 0 Å². The molecule has 0 unspecified atom stereocenters. The van der Waals surface area contributed by atoms with Gasteiger partial charge >= 0.3 is 0 Å². The number of furan rings is 1. The lowest BCUT2D eigenvalue weighted by Crippen LogP contribution is -2.17. The van der Waals surface area contributed by atoms with Gasteiger partial charge in [0.25, 0.3) is 0 Å². The summed E-state index contributed by atoms with van der Waals surface area (Å²) in [6, 6.07) is 3.83. The number of hydrogen-bond acceptors (Lipinski definition) is 5. The molecule has 0 bridgehead atoms. The molecule has 2 aromatic heterocycles. The minimum atomic E-state index is 0.442. The van der Waals surface area contributed by atoms with Crippen LogP contribution in [0.3, 0.4) is 0 Å². The first-order valence-electron chi connectivity index (χ1n) is 5.01. The van der Waals surface area contributed by atoms with Crippen LogP contribution in [0.4, 0.5) is 5.82 Å². The van der Waals surface area contributed by atoms with Crippen LogP contribution in [0, 0.1) is 0 Å². The van der Waals surface area contributed by atoms with Crippen molar-refractivity contribution >= 4 is 5.82 Å². The Hall–Kier alpha value is -1.88. The van der Waals surface area contributed by atoms with E-state index < -0.39 is 0 Å². The van der Waals surface area contributed by atoms with E-state index in [1.165, 1.54) is 0 Å². The van der Waals surface area contributed by atoms with E-state index in [9.17, 15) is 0 Å². The van der Waals surface area contributed by atoms with Gasteiger partial charge in [-0.2, -0.15) is 0 Å². The molecule has 16 heavy (non-hydrogen) atoms. The third-order valence-corrected chi connectivity index (χ3v) is 2.16. The summed E-state index contributed by atoms with van der Waals surface area (Å²) in [4.78, 5) is 10.3. The number of nitrogens with zero attached hydrogens (tertiary/aromatic N) is 3. The highest BCUT2D eigenvalue weighted by Crippen LogP contribution is 2.06. The van der Waals surface area contributed by atoms with Crippen molar-refractivity contribution < 1.29 is 4.42 Å². The highest BCUT2D eigenvalue weighted by atomic mass is 16.3. The van der Waals surface area contributed by atoms with E-state index >= 15 is 0 Å². The molecular weight excluding hydrogens is 204 g/mol. The standard InChI is InChI=1S/C11H14N4O/c1-15(8-10-3-2-4-16-10)7-9-5-14-11(12)6-13-9/h2-6H,7-8H2,1H3,(H2,12,14). The Kier molecular flexibility index (Phi) is 3.16. The minimum absolute atomic E-state index is 0.442. The molecule has 2 aromatic rings. The van der Waals surface area contributed by atoms with Crippen molar-refractivity contribution in [3.05, 3.63) is 42.2 Å². The zero-order valence-electron chi connectivity index (χ0n) is 9.13. The zero-order chi connectivity index (χ0) is 11.4. The van der Waals surface area contributed by atoms with Crippen molar-refractivity contribution in [2.45, 2.75) is 13.1 Å². The smallest absolute Gasteiger partial charge is 0.141 e. The first kappa shape index (κ1) is 10.6. The molecule has 0 radical (unpaired) electrons. The topological polar surface area (TPSA) is 68.2 Å². The second kappa shape index (κ2) is 4.76. The van der Waals surface area contributed by atoms with E-state index in [0.717, 1.165) is 18.0 Å². The fourth-order valence-electron chi connectivity index (χ4n) is 1.45. The summed E-state index contributed by atoms with van der Waals surface area (Å²) in [7, 11) is 2.00. The van der Waals surface area contributed by atoms with Gasteiger partial charge in [0, 0.05) is 6.54 Å². The van der Waals surface area contributed by atoms with Crippen LogP contribution in [0.2, 0.25) is 0 Å². The van der Waals surface area contributed by atoms with Crippen molar-refractivity contribution in [3.63, 3.8) is 0 Å². The van der Waals surface area contributed by atoms with Gasteiger partial charge in [0.1, 0.15) is 11.6 Å². The van der Waals surface area contributed by atoms with E-state index in [0.29, 0.717) is 12.4 Å². The molecular formula is C11H14N4O. The first-order chi connectivity index (χ1) is 7.74. The van der Waals surface area contributed by atoms with Crippen LogP contribution in [0.1, 0.15) is 11.5 Å². The van der Waals surface area contributed by atoms with E-state index in [1.807, 2.05) is 19.2 Å². The number of nitrogens with two attached hydrogens (primary N) is 1. The van der Waals surface area contributed by atoms with Crippen LogP contribution in [0.5, 0.6) is 0 Å². The maximum absolute atomic E-state index is 5.46. The number of anilines is 1. The minimum Gasteiger partial charge on any atom is -0.468 e. The first-order valence-corrected chi connectivity index (χ1v) is 5.01. The molecule has 0 aromatic carbocycles. The lowest BCUT2D eigenvalue weighted by atomic mass is 10.3. The van der Waals surface area contributed by atoms with Gasteiger partial charge in [0.05, 0.1) is 30.9 Å². The third kappa shape index (κ3) is 2.80. The van der Waals surface area contributed by atoms with Crippen LogP contribution in [0.25, 0.3) is 0 Å². The molecule has 2 heterocycles. The molecule has 0 aliphatic heterocycles. The highest BCUT2D eigenvalue weighted by Gasteiger charge is 2.04. The van der Waals surface area contributed by atoms with Crippen molar-refractivity contribution in [3.8, 4) is 0 Å². The van der Waals surface area contributed by atoms with Crippen LogP contribution in [0.15, 0.2) is 35.2 Å². The molecule has 5 heteroatoms. The Bertz CT molecular complexity index is 424. The molecule has 0 saturated heterocycles. The van der Waals surface area contributed by atoms with Crippen molar-refractivity contribution in [2.75, 3.05) is 12.8 Å². The molecule has 2 rings (SSSR count). The molecule has 84 valence electrons. The summed E-state index contributed by atoms with van der Waals surface area (Å²) in [5, 5.41) is 0. The third-order valence-electron chi connectivity index (χ3n) is 2.16. The predicted molar refractivity (Wildman–Crippen MR) is 60.3 cm³/mol. The molecule has 5 nitrogen and oxygen atoms in total. The van der Waals surface area contributed by atoms with Crippen LogP contribution >= 0.6 is 0 Å². The molecule has 0 amide bonds. The Morgan fingerprint density at radius 1 is 1.31 bits per heavy atom. The van der Waals surface area contributed by atoms with E-state index in [4.69, 9.17) is 10.2 Å². The monoisotopic (exact) mass is 218 g/mol. The van der Waals surface area contributed by atoms with Crippen molar-refractivity contribution in [1.82, 2.24) is 14.9 Å². The van der Waals surface area contributed by atoms with Gasteiger partial charge in [-0.3, -0.25) is 9.88 Å². The SMILES string of the molecule is CN(Cc1cnc(N)cn1)Cc1ccco1. The second-order valence-electron chi connectivity index (χ2n) is 3.68. The summed E-state index contributed by atoms with van der Waals surface area (Å²) in [5.74, 6) is 1.38. The van der Waals surface area contributed by atoms with E-state index in [-0.39, 0.29) is 0 Å². The molecule has 2 N–H and O–H groups in total. The molecule has 0 aliphatic carbocycles. The lowest BCUT2D eigenvalue weighted by molar-refractivity contribution is 0.284. The number of rotatable bonds is 4. The van der Waals surface area contributed by atoms with Crippen LogP contribution in [-0.4, -0.2) is 21.9 Å². The number of aromatic nitrogens is 2.